The summed E-state index contributed by atoms with van der Waals surface area (Å²) in [6.45, 7) is 2.81. The van der Waals surface area contributed by atoms with Gasteiger partial charge in [0.15, 0.2) is 12.4 Å². The number of carbonyl (C=O) groups excluding carboxylic acids is 3. The Bertz CT molecular complexity index is 568. The molecular formula is C13H14N2O4. The van der Waals surface area contributed by atoms with E-state index >= 15 is 0 Å². The predicted octanol–water partition coefficient (Wildman–Crippen LogP) is 0.488. The minimum absolute atomic E-state index is 0.132. The summed E-state index contributed by atoms with van der Waals surface area (Å²) < 4.78 is 5.28. The van der Waals surface area contributed by atoms with Gasteiger partial charge in [-0.1, -0.05) is 0 Å². The summed E-state index contributed by atoms with van der Waals surface area (Å²) in [7, 11) is 0. The Morgan fingerprint density at radius 2 is 2.11 bits per heavy atom. The molecule has 0 saturated carbocycles. The van der Waals surface area contributed by atoms with E-state index in [0.29, 0.717) is 17.0 Å². The molecule has 1 aromatic rings. The largest absolute Gasteiger partial charge is 0.482 e. The smallest absolute Gasteiger partial charge is 0.265 e. The second-order valence-electron chi connectivity index (χ2n) is 4.37. The minimum atomic E-state index is -0.794. The maximum atomic E-state index is 11.9. The van der Waals surface area contributed by atoms with Crippen LogP contribution in [0.2, 0.25) is 0 Å². The third-order valence-electron chi connectivity index (χ3n) is 3.04. The maximum Gasteiger partial charge on any atom is 0.265 e. The summed E-state index contributed by atoms with van der Waals surface area (Å²) in [4.78, 5) is 35.8. The third-order valence-corrected chi connectivity index (χ3v) is 3.04. The Morgan fingerprint density at radius 1 is 1.42 bits per heavy atom. The van der Waals surface area contributed by atoms with E-state index in [0.717, 1.165) is 0 Å². The number of ether oxygens (including phenoxy) is 1. The van der Waals surface area contributed by atoms with E-state index in [2.05, 4.69) is 0 Å². The quantitative estimate of drug-likeness (QED) is 0.803. The zero-order chi connectivity index (χ0) is 14.2. The van der Waals surface area contributed by atoms with Crippen molar-refractivity contribution in [2.75, 3.05) is 11.5 Å². The summed E-state index contributed by atoms with van der Waals surface area (Å²) in [5, 5.41) is 0. The summed E-state index contributed by atoms with van der Waals surface area (Å²) in [6, 6.07) is 3.97. The molecule has 0 saturated heterocycles. The molecular weight excluding hydrogens is 248 g/mol. The SMILES string of the molecule is CC(=O)c1ccc2c(c1)N(C(C)C(N)=O)C(=O)CO2. The van der Waals surface area contributed by atoms with Crippen molar-refractivity contribution in [1.82, 2.24) is 0 Å². The van der Waals surface area contributed by atoms with E-state index in [-0.39, 0.29) is 18.3 Å². The van der Waals surface area contributed by atoms with Gasteiger partial charge in [0, 0.05) is 5.56 Å². The van der Waals surface area contributed by atoms with Crippen molar-refractivity contribution in [1.29, 1.82) is 0 Å². The fourth-order valence-electron chi connectivity index (χ4n) is 1.94. The van der Waals surface area contributed by atoms with E-state index in [4.69, 9.17) is 10.5 Å². The number of benzene rings is 1. The Balaban J connectivity index is 2.53. The molecule has 1 aromatic carbocycles. The molecule has 1 atom stereocenters. The molecule has 0 aromatic heterocycles. The topological polar surface area (TPSA) is 89.7 Å². The first kappa shape index (κ1) is 13.1. The van der Waals surface area contributed by atoms with Gasteiger partial charge in [-0.25, -0.2) is 0 Å². The van der Waals surface area contributed by atoms with Gasteiger partial charge in [0.05, 0.1) is 5.69 Å². The number of hydrogen-bond donors (Lipinski definition) is 1. The molecule has 2 N–H and O–H groups in total. The fraction of sp³-hybridized carbons (Fsp3) is 0.308. The van der Waals surface area contributed by atoms with Crippen molar-refractivity contribution in [3.8, 4) is 5.75 Å². The van der Waals surface area contributed by atoms with E-state index in [1.54, 1.807) is 12.1 Å². The number of fused-ring (bicyclic) bond motifs is 1. The molecule has 1 aliphatic rings. The van der Waals surface area contributed by atoms with E-state index in [1.165, 1.54) is 24.8 Å². The van der Waals surface area contributed by atoms with Crippen molar-refractivity contribution < 1.29 is 19.1 Å². The van der Waals surface area contributed by atoms with Gasteiger partial charge in [0.25, 0.3) is 5.91 Å². The van der Waals surface area contributed by atoms with Crippen LogP contribution < -0.4 is 15.4 Å². The lowest BCUT2D eigenvalue weighted by molar-refractivity contribution is -0.126. The number of amides is 2. The molecule has 100 valence electrons. The highest BCUT2D eigenvalue weighted by molar-refractivity contribution is 6.05. The number of nitrogens with zero attached hydrogens (tertiary/aromatic N) is 1. The third kappa shape index (κ3) is 2.29. The number of ketones is 1. The zero-order valence-electron chi connectivity index (χ0n) is 10.7. The molecule has 1 heterocycles. The molecule has 2 rings (SSSR count). The molecule has 1 aliphatic heterocycles. The first-order valence-corrected chi connectivity index (χ1v) is 5.81. The van der Waals surface area contributed by atoms with E-state index in [9.17, 15) is 14.4 Å². The van der Waals surface area contributed by atoms with E-state index in [1.807, 2.05) is 0 Å². The first-order valence-electron chi connectivity index (χ1n) is 5.81. The van der Waals surface area contributed by atoms with Gasteiger partial charge in [-0.05, 0) is 32.0 Å². The fourth-order valence-corrected chi connectivity index (χ4v) is 1.94. The highest BCUT2D eigenvalue weighted by Gasteiger charge is 2.32. The average molecular weight is 262 g/mol. The van der Waals surface area contributed by atoms with Crippen molar-refractivity contribution in [2.24, 2.45) is 5.73 Å². The predicted molar refractivity (Wildman–Crippen MR) is 68.1 cm³/mol. The summed E-state index contributed by atoms with van der Waals surface area (Å²) in [5.74, 6) is -0.654. The highest BCUT2D eigenvalue weighted by atomic mass is 16.5. The van der Waals surface area contributed by atoms with Crippen LogP contribution in [0.5, 0.6) is 5.75 Å². The molecule has 0 fully saturated rings. The summed E-state index contributed by atoms with van der Waals surface area (Å²) >= 11 is 0. The van der Waals surface area contributed by atoms with Gasteiger partial charge in [-0.2, -0.15) is 0 Å². The zero-order valence-corrected chi connectivity index (χ0v) is 10.7. The van der Waals surface area contributed by atoms with Crippen LogP contribution >= 0.6 is 0 Å². The van der Waals surface area contributed by atoms with Crippen molar-refractivity contribution in [2.45, 2.75) is 19.9 Å². The first-order chi connectivity index (χ1) is 8.91. The van der Waals surface area contributed by atoms with Crippen LogP contribution in [0.3, 0.4) is 0 Å². The number of hydrogen-bond acceptors (Lipinski definition) is 4. The van der Waals surface area contributed by atoms with Gasteiger partial charge in [-0.3, -0.25) is 19.3 Å². The number of primary amides is 1. The molecule has 19 heavy (non-hydrogen) atoms. The lowest BCUT2D eigenvalue weighted by atomic mass is 10.1. The molecule has 1 unspecified atom stereocenters. The summed E-state index contributed by atoms with van der Waals surface area (Å²) in [6.07, 6.45) is 0. The molecule has 0 aliphatic carbocycles. The molecule has 2 amide bonds. The Morgan fingerprint density at radius 3 is 2.68 bits per heavy atom. The lowest BCUT2D eigenvalue weighted by Gasteiger charge is -2.32. The number of anilines is 1. The van der Waals surface area contributed by atoms with Gasteiger partial charge in [-0.15, -0.1) is 0 Å². The van der Waals surface area contributed by atoms with E-state index < -0.39 is 11.9 Å². The van der Waals surface area contributed by atoms with Crippen LogP contribution in [-0.2, 0) is 9.59 Å². The standard InChI is InChI=1S/C13H14N2O4/c1-7(13(14)18)15-10-5-9(8(2)16)3-4-11(10)19-6-12(15)17/h3-5,7H,6H2,1-2H3,(H2,14,18). The number of carbonyl (C=O) groups is 3. The van der Waals surface area contributed by atoms with Crippen LogP contribution in [0.4, 0.5) is 5.69 Å². The minimum Gasteiger partial charge on any atom is -0.482 e. The highest BCUT2D eigenvalue weighted by Crippen LogP contribution is 2.34. The van der Waals surface area contributed by atoms with Crippen molar-refractivity contribution in [3.05, 3.63) is 23.8 Å². The van der Waals surface area contributed by atoms with Gasteiger partial charge in [0.2, 0.25) is 5.91 Å². The van der Waals surface area contributed by atoms with Gasteiger partial charge < -0.3 is 10.5 Å². The average Bonchev–Trinajstić information content (AvgIpc) is 2.37. The van der Waals surface area contributed by atoms with Gasteiger partial charge >= 0.3 is 0 Å². The monoisotopic (exact) mass is 262 g/mol. The number of nitrogens with two attached hydrogens (primary N) is 1. The van der Waals surface area contributed by atoms with Crippen LogP contribution in [0.1, 0.15) is 24.2 Å². The lowest BCUT2D eigenvalue weighted by Crippen LogP contribution is -2.50. The molecule has 6 heteroatoms. The Kier molecular flexibility index (Phi) is 3.25. The summed E-state index contributed by atoms with van der Waals surface area (Å²) in [5.41, 5.74) is 6.09. The van der Waals surface area contributed by atoms with Crippen LogP contribution in [0.15, 0.2) is 18.2 Å². The number of Topliss-reactive ketones (excluding diaryl/α,β-unsaturated/α-hetero) is 1. The van der Waals surface area contributed by atoms with Crippen molar-refractivity contribution >= 4 is 23.3 Å². The van der Waals surface area contributed by atoms with Crippen LogP contribution in [-0.4, -0.2) is 30.2 Å². The molecule has 0 bridgehead atoms. The second-order valence-corrected chi connectivity index (χ2v) is 4.37. The maximum absolute atomic E-state index is 11.9. The van der Waals surface area contributed by atoms with Crippen molar-refractivity contribution in [3.63, 3.8) is 0 Å². The molecule has 6 nitrogen and oxygen atoms in total. The Hall–Kier alpha value is -2.37. The molecule has 0 radical (unpaired) electrons. The van der Waals surface area contributed by atoms with Crippen LogP contribution in [0.25, 0.3) is 0 Å². The normalized spacial score (nSPS) is 15.5. The van der Waals surface area contributed by atoms with Crippen LogP contribution in [0, 0.1) is 0 Å². The molecule has 0 spiro atoms. The second kappa shape index (κ2) is 4.72. The number of rotatable bonds is 3. The Labute approximate surface area is 110 Å². The van der Waals surface area contributed by atoms with Gasteiger partial charge in [0.1, 0.15) is 11.8 Å².